The third-order valence-electron chi connectivity index (χ3n) is 1.62. The molecule has 0 saturated carbocycles. The van der Waals surface area contributed by atoms with Crippen LogP contribution < -0.4 is 11.1 Å². The predicted octanol–water partition coefficient (Wildman–Crippen LogP) is 0.531. The highest BCUT2D eigenvalue weighted by molar-refractivity contribution is 6.29. The molecule has 0 saturated heterocycles. The summed E-state index contributed by atoms with van der Waals surface area (Å²) >= 11 is 5.64. The molecule has 0 aliphatic carbocycles. The van der Waals surface area contributed by atoms with Crippen LogP contribution in [0.4, 0.5) is 4.39 Å². The van der Waals surface area contributed by atoms with Crippen molar-refractivity contribution >= 4 is 11.6 Å². The highest BCUT2D eigenvalue weighted by Crippen LogP contribution is 2.19. The topological polar surface area (TPSA) is 41.3 Å². The first-order valence-corrected chi connectivity index (χ1v) is 3.84. The molecule has 3 nitrogen and oxygen atoms in total. The van der Waals surface area contributed by atoms with Gasteiger partial charge < -0.3 is 4.90 Å². The van der Waals surface area contributed by atoms with Gasteiger partial charge in [-0.05, 0) is 6.92 Å². The summed E-state index contributed by atoms with van der Waals surface area (Å²) in [5, 5.41) is 2.87. The Kier molecular flexibility index (Phi) is 2.70. The van der Waals surface area contributed by atoms with Gasteiger partial charge in [0.15, 0.2) is 0 Å². The van der Waals surface area contributed by atoms with Crippen LogP contribution in [0.3, 0.4) is 0 Å². The fourth-order valence-corrected chi connectivity index (χ4v) is 1.28. The van der Waals surface area contributed by atoms with E-state index in [0.29, 0.717) is 6.54 Å². The normalized spacial score (nSPS) is 26.2. The smallest absolute Gasteiger partial charge is 0.149 e. The van der Waals surface area contributed by atoms with E-state index in [0.717, 1.165) is 0 Å². The van der Waals surface area contributed by atoms with Gasteiger partial charge in [0.05, 0.1) is 6.54 Å². The summed E-state index contributed by atoms with van der Waals surface area (Å²) in [7, 11) is 0. The Hall–Kier alpha value is -0.320. The summed E-state index contributed by atoms with van der Waals surface area (Å²) in [6.07, 6.45) is -0.369. The molecule has 11 heavy (non-hydrogen) atoms. The summed E-state index contributed by atoms with van der Waals surface area (Å²) in [6, 6.07) is 0. The largest absolute Gasteiger partial charge is 0.332 e. The number of hydrogen-bond donors (Lipinski definition) is 2. The van der Waals surface area contributed by atoms with Gasteiger partial charge in [-0.15, -0.1) is 0 Å². The van der Waals surface area contributed by atoms with Crippen molar-refractivity contribution in [3.8, 4) is 0 Å². The van der Waals surface area contributed by atoms with Gasteiger partial charge in [-0.1, -0.05) is 11.6 Å². The molecule has 1 rings (SSSR count). The minimum Gasteiger partial charge on any atom is -0.332 e. The Labute approximate surface area is 70.0 Å². The molecule has 0 radical (unpaired) electrons. The number of nitrogens with zero attached hydrogens (tertiary/aromatic N) is 1. The molecule has 0 spiro atoms. The molecular weight excluding hydrogens is 169 g/mol. The molecule has 3 N–H and O–H groups in total. The molecule has 0 bridgehead atoms. The highest BCUT2D eigenvalue weighted by Gasteiger charge is 2.22. The second kappa shape index (κ2) is 3.38. The van der Waals surface area contributed by atoms with E-state index >= 15 is 0 Å². The summed E-state index contributed by atoms with van der Waals surface area (Å²) in [6.45, 7) is 2.58. The van der Waals surface area contributed by atoms with Crippen molar-refractivity contribution in [1.29, 1.82) is 0 Å². The number of halogens is 2. The lowest BCUT2D eigenvalue weighted by molar-refractivity contribution is 0.214. The van der Waals surface area contributed by atoms with Crippen LogP contribution in [0.2, 0.25) is 0 Å². The van der Waals surface area contributed by atoms with Gasteiger partial charge in [0.2, 0.25) is 0 Å². The Morgan fingerprint density at radius 2 is 2.55 bits per heavy atom. The van der Waals surface area contributed by atoms with E-state index in [1.807, 2.05) is 6.92 Å². The molecule has 1 aliphatic heterocycles. The number of hydrogen-bond acceptors (Lipinski definition) is 3. The Balaban J connectivity index is 2.78. The van der Waals surface area contributed by atoms with Crippen LogP contribution >= 0.6 is 11.6 Å². The fraction of sp³-hybridized carbons (Fsp3) is 0.667. The fourth-order valence-electron chi connectivity index (χ4n) is 0.991. The average Bonchev–Trinajstić information content (AvgIpc) is 1.99. The predicted molar refractivity (Wildman–Crippen MR) is 42.3 cm³/mol. The standard InChI is InChI=1S/C6H11ClFN3/c1-2-11-5(7)4(8)3-10-6(11)9/h6,10H,2-3,9H2,1H3. The molecule has 1 unspecified atom stereocenters. The van der Waals surface area contributed by atoms with Crippen molar-refractivity contribution in [3.63, 3.8) is 0 Å². The molecule has 1 heterocycles. The van der Waals surface area contributed by atoms with E-state index in [9.17, 15) is 4.39 Å². The average molecular weight is 180 g/mol. The second-order valence-corrected chi connectivity index (χ2v) is 2.67. The number of rotatable bonds is 1. The van der Waals surface area contributed by atoms with Gasteiger partial charge in [0.25, 0.3) is 0 Å². The van der Waals surface area contributed by atoms with Gasteiger partial charge >= 0.3 is 0 Å². The highest BCUT2D eigenvalue weighted by atomic mass is 35.5. The quantitative estimate of drug-likeness (QED) is 0.577. The minimum absolute atomic E-state index is 0.122. The van der Waals surface area contributed by atoms with Gasteiger partial charge in [-0.25, -0.2) is 4.39 Å². The van der Waals surface area contributed by atoms with E-state index in [2.05, 4.69) is 5.32 Å². The zero-order chi connectivity index (χ0) is 8.43. The van der Waals surface area contributed by atoms with Crippen molar-refractivity contribution < 1.29 is 4.39 Å². The number of nitrogens with one attached hydrogen (secondary N) is 1. The van der Waals surface area contributed by atoms with E-state index in [4.69, 9.17) is 17.3 Å². The lowest BCUT2D eigenvalue weighted by Crippen LogP contribution is -2.54. The summed E-state index contributed by atoms with van der Waals surface area (Å²) in [5.74, 6) is -0.352. The molecule has 5 heteroatoms. The van der Waals surface area contributed by atoms with Crippen molar-refractivity contribution in [1.82, 2.24) is 10.2 Å². The van der Waals surface area contributed by atoms with E-state index in [1.165, 1.54) is 0 Å². The first-order chi connectivity index (χ1) is 5.16. The summed E-state index contributed by atoms with van der Waals surface area (Å²) < 4.78 is 12.8. The maximum atomic E-state index is 12.8. The van der Waals surface area contributed by atoms with Crippen LogP contribution in [0.1, 0.15) is 6.92 Å². The third-order valence-corrected chi connectivity index (χ3v) is 2.04. The Morgan fingerprint density at radius 1 is 1.91 bits per heavy atom. The van der Waals surface area contributed by atoms with E-state index in [1.54, 1.807) is 4.90 Å². The number of nitrogens with two attached hydrogens (primary N) is 1. The lowest BCUT2D eigenvalue weighted by atomic mass is 10.4. The zero-order valence-corrected chi connectivity index (χ0v) is 7.03. The minimum atomic E-state index is -0.369. The first-order valence-electron chi connectivity index (χ1n) is 3.46. The van der Waals surface area contributed by atoms with Crippen molar-refractivity contribution in [2.24, 2.45) is 5.73 Å². The maximum absolute atomic E-state index is 12.8. The van der Waals surface area contributed by atoms with Crippen molar-refractivity contribution in [3.05, 3.63) is 11.0 Å². The lowest BCUT2D eigenvalue weighted by Gasteiger charge is -2.33. The molecule has 1 aliphatic rings. The van der Waals surface area contributed by atoms with Crippen molar-refractivity contribution in [2.75, 3.05) is 13.1 Å². The van der Waals surface area contributed by atoms with E-state index < -0.39 is 0 Å². The molecule has 64 valence electrons. The molecule has 0 amide bonds. The Morgan fingerprint density at radius 3 is 3.00 bits per heavy atom. The van der Waals surface area contributed by atoms with Crippen LogP contribution in [0.25, 0.3) is 0 Å². The zero-order valence-electron chi connectivity index (χ0n) is 6.27. The molecule has 0 aromatic rings. The molecule has 0 fully saturated rings. The van der Waals surface area contributed by atoms with Crippen LogP contribution in [0.5, 0.6) is 0 Å². The van der Waals surface area contributed by atoms with Crippen LogP contribution in [-0.2, 0) is 0 Å². The molecular formula is C6H11ClFN3. The van der Waals surface area contributed by atoms with E-state index in [-0.39, 0.29) is 23.8 Å². The summed E-state index contributed by atoms with van der Waals surface area (Å²) in [4.78, 5) is 1.56. The molecule has 1 atom stereocenters. The van der Waals surface area contributed by atoms with Gasteiger partial charge in [0, 0.05) is 6.54 Å². The van der Waals surface area contributed by atoms with Gasteiger partial charge in [-0.2, -0.15) is 0 Å². The van der Waals surface area contributed by atoms with Gasteiger partial charge in [-0.3, -0.25) is 11.1 Å². The van der Waals surface area contributed by atoms with Crippen molar-refractivity contribution in [2.45, 2.75) is 13.2 Å². The van der Waals surface area contributed by atoms with Crippen LogP contribution in [-0.4, -0.2) is 24.3 Å². The molecule has 0 aromatic carbocycles. The Bertz CT molecular complexity index is 183. The summed E-state index contributed by atoms with van der Waals surface area (Å²) in [5.41, 5.74) is 5.57. The molecule has 0 aromatic heterocycles. The van der Waals surface area contributed by atoms with Crippen LogP contribution in [0, 0.1) is 0 Å². The maximum Gasteiger partial charge on any atom is 0.149 e. The first kappa shape index (κ1) is 8.77. The monoisotopic (exact) mass is 179 g/mol. The SMILES string of the molecule is CCN1C(Cl)=C(F)CNC1N. The third kappa shape index (κ3) is 1.64. The van der Waals surface area contributed by atoms with Crippen LogP contribution in [0.15, 0.2) is 11.0 Å². The van der Waals surface area contributed by atoms with Gasteiger partial charge in [0.1, 0.15) is 17.3 Å². The second-order valence-electron chi connectivity index (χ2n) is 2.31.